The van der Waals surface area contributed by atoms with Gasteiger partial charge in [-0.05, 0) is 37.6 Å². The van der Waals surface area contributed by atoms with Crippen LogP contribution in [0.15, 0.2) is 22.7 Å². The van der Waals surface area contributed by atoms with Crippen molar-refractivity contribution in [2.45, 2.75) is 20.5 Å². The molecule has 2 aromatic rings. The fourth-order valence-corrected chi connectivity index (χ4v) is 1.51. The van der Waals surface area contributed by atoms with Crippen LogP contribution in [-0.4, -0.2) is 21.2 Å². The monoisotopic (exact) mass is 248 g/mol. The summed E-state index contributed by atoms with van der Waals surface area (Å²) in [5, 5.41) is 12.5. The van der Waals surface area contributed by atoms with Crippen LogP contribution in [0.1, 0.15) is 27.6 Å². The highest BCUT2D eigenvalue weighted by Crippen LogP contribution is 2.18. The van der Waals surface area contributed by atoms with Gasteiger partial charge in [0.15, 0.2) is 12.4 Å². The summed E-state index contributed by atoms with van der Waals surface area (Å²) in [5.74, 6) is 0.540. The van der Waals surface area contributed by atoms with E-state index in [0.29, 0.717) is 23.0 Å². The largest absolute Gasteiger partial charge is 0.484 e. The molecule has 0 atom stereocenters. The van der Waals surface area contributed by atoms with Crippen molar-refractivity contribution in [1.29, 1.82) is 0 Å². The molecular weight excluding hydrogens is 236 g/mol. The minimum atomic E-state index is -0.952. The standard InChI is InChI=1S/C12H12N2O4/c1-7-5-9(3-4-10(7)12(15)16)17-6-11-13-8(2)14-18-11/h3-5H,6H2,1-2H3,(H,15,16). The molecule has 0 saturated carbocycles. The van der Waals surface area contributed by atoms with E-state index in [4.69, 9.17) is 14.4 Å². The van der Waals surface area contributed by atoms with Crippen LogP contribution >= 0.6 is 0 Å². The second-order valence-corrected chi connectivity index (χ2v) is 3.81. The van der Waals surface area contributed by atoms with Gasteiger partial charge in [0.1, 0.15) is 5.75 Å². The Morgan fingerprint density at radius 2 is 2.22 bits per heavy atom. The minimum Gasteiger partial charge on any atom is -0.484 e. The van der Waals surface area contributed by atoms with Crippen LogP contribution in [0.3, 0.4) is 0 Å². The smallest absolute Gasteiger partial charge is 0.335 e. The van der Waals surface area contributed by atoms with Gasteiger partial charge in [-0.1, -0.05) is 5.16 Å². The number of carbonyl (C=O) groups is 1. The zero-order valence-corrected chi connectivity index (χ0v) is 10.0. The molecule has 18 heavy (non-hydrogen) atoms. The van der Waals surface area contributed by atoms with Crippen LogP contribution in [0, 0.1) is 13.8 Å². The van der Waals surface area contributed by atoms with Crippen molar-refractivity contribution >= 4 is 5.97 Å². The Hall–Kier alpha value is -2.37. The predicted molar refractivity (Wildman–Crippen MR) is 61.5 cm³/mol. The van der Waals surface area contributed by atoms with Crippen molar-refractivity contribution in [3.05, 3.63) is 41.0 Å². The molecule has 6 nitrogen and oxygen atoms in total. The van der Waals surface area contributed by atoms with E-state index < -0.39 is 5.97 Å². The van der Waals surface area contributed by atoms with E-state index in [2.05, 4.69) is 10.1 Å². The van der Waals surface area contributed by atoms with E-state index in [1.165, 1.54) is 6.07 Å². The molecule has 0 bridgehead atoms. The lowest BCUT2D eigenvalue weighted by Gasteiger charge is -2.06. The number of ether oxygens (including phenoxy) is 1. The summed E-state index contributed by atoms with van der Waals surface area (Å²) in [6.45, 7) is 3.60. The lowest BCUT2D eigenvalue weighted by molar-refractivity contribution is 0.0696. The first kappa shape index (κ1) is 12.1. The molecule has 94 valence electrons. The Kier molecular flexibility index (Phi) is 3.27. The summed E-state index contributed by atoms with van der Waals surface area (Å²) >= 11 is 0. The molecular formula is C12H12N2O4. The highest BCUT2D eigenvalue weighted by Gasteiger charge is 2.08. The highest BCUT2D eigenvalue weighted by molar-refractivity contribution is 5.89. The van der Waals surface area contributed by atoms with Crippen molar-refractivity contribution in [3.63, 3.8) is 0 Å². The molecule has 0 spiro atoms. The Balaban J connectivity index is 2.06. The number of nitrogens with zero attached hydrogens (tertiary/aromatic N) is 2. The quantitative estimate of drug-likeness (QED) is 0.890. The number of hydrogen-bond acceptors (Lipinski definition) is 5. The molecule has 6 heteroatoms. The predicted octanol–water partition coefficient (Wildman–Crippen LogP) is 1.96. The summed E-state index contributed by atoms with van der Waals surface area (Å²) in [6, 6.07) is 4.76. The van der Waals surface area contributed by atoms with Gasteiger partial charge in [-0.25, -0.2) is 4.79 Å². The molecule has 0 aliphatic rings. The average Bonchev–Trinajstić information content (AvgIpc) is 2.72. The van der Waals surface area contributed by atoms with E-state index >= 15 is 0 Å². The van der Waals surface area contributed by atoms with Gasteiger partial charge in [0, 0.05) is 0 Å². The van der Waals surface area contributed by atoms with E-state index in [-0.39, 0.29) is 12.2 Å². The average molecular weight is 248 g/mol. The van der Waals surface area contributed by atoms with Crippen molar-refractivity contribution in [1.82, 2.24) is 10.1 Å². The Morgan fingerprint density at radius 3 is 2.78 bits per heavy atom. The summed E-state index contributed by atoms with van der Waals surface area (Å²) in [7, 11) is 0. The lowest BCUT2D eigenvalue weighted by atomic mass is 10.1. The molecule has 1 heterocycles. The normalized spacial score (nSPS) is 10.3. The molecule has 2 rings (SSSR count). The number of aryl methyl sites for hydroxylation is 2. The van der Waals surface area contributed by atoms with E-state index in [1.54, 1.807) is 26.0 Å². The number of rotatable bonds is 4. The molecule has 1 aromatic heterocycles. The van der Waals surface area contributed by atoms with Crippen molar-refractivity contribution in [2.75, 3.05) is 0 Å². The van der Waals surface area contributed by atoms with Crippen LogP contribution in [0.25, 0.3) is 0 Å². The van der Waals surface area contributed by atoms with Crippen LogP contribution in [-0.2, 0) is 6.61 Å². The minimum absolute atomic E-state index is 0.159. The van der Waals surface area contributed by atoms with Gasteiger partial charge in [-0.15, -0.1) is 0 Å². The third-order valence-corrected chi connectivity index (χ3v) is 2.36. The Labute approximate surface area is 103 Å². The molecule has 0 radical (unpaired) electrons. The maximum Gasteiger partial charge on any atom is 0.335 e. The molecule has 1 N–H and O–H groups in total. The zero-order chi connectivity index (χ0) is 13.1. The first-order valence-electron chi connectivity index (χ1n) is 5.32. The van der Waals surface area contributed by atoms with Gasteiger partial charge in [0.05, 0.1) is 5.56 Å². The van der Waals surface area contributed by atoms with Crippen molar-refractivity contribution in [2.24, 2.45) is 0 Å². The SMILES string of the molecule is Cc1noc(COc2ccc(C(=O)O)c(C)c2)n1. The molecule has 0 amide bonds. The maximum atomic E-state index is 10.8. The van der Waals surface area contributed by atoms with Crippen LogP contribution < -0.4 is 4.74 Å². The van der Waals surface area contributed by atoms with Gasteiger partial charge in [0.2, 0.25) is 0 Å². The van der Waals surface area contributed by atoms with E-state index in [0.717, 1.165) is 0 Å². The van der Waals surface area contributed by atoms with Gasteiger partial charge in [-0.3, -0.25) is 0 Å². The maximum absolute atomic E-state index is 10.8. The van der Waals surface area contributed by atoms with E-state index in [9.17, 15) is 4.79 Å². The number of carboxylic acid groups (broad SMARTS) is 1. The number of aromatic carboxylic acids is 1. The summed E-state index contributed by atoms with van der Waals surface area (Å²) < 4.78 is 10.3. The molecule has 0 unspecified atom stereocenters. The second-order valence-electron chi connectivity index (χ2n) is 3.81. The van der Waals surface area contributed by atoms with Gasteiger partial charge < -0.3 is 14.4 Å². The molecule has 1 aromatic carbocycles. The highest BCUT2D eigenvalue weighted by atomic mass is 16.5. The first-order chi connectivity index (χ1) is 8.56. The number of carboxylic acids is 1. The molecule has 0 aliphatic carbocycles. The Morgan fingerprint density at radius 1 is 1.44 bits per heavy atom. The van der Waals surface area contributed by atoms with Crippen LogP contribution in [0.2, 0.25) is 0 Å². The summed E-state index contributed by atoms with van der Waals surface area (Å²) in [4.78, 5) is 14.8. The zero-order valence-electron chi connectivity index (χ0n) is 10.0. The third-order valence-electron chi connectivity index (χ3n) is 2.36. The van der Waals surface area contributed by atoms with E-state index in [1.807, 2.05) is 0 Å². The van der Waals surface area contributed by atoms with Crippen LogP contribution in [0.4, 0.5) is 0 Å². The number of benzene rings is 1. The van der Waals surface area contributed by atoms with Gasteiger partial charge in [-0.2, -0.15) is 4.98 Å². The third kappa shape index (κ3) is 2.65. The van der Waals surface area contributed by atoms with Gasteiger partial charge in [0.25, 0.3) is 5.89 Å². The topological polar surface area (TPSA) is 85.5 Å². The fourth-order valence-electron chi connectivity index (χ4n) is 1.51. The first-order valence-corrected chi connectivity index (χ1v) is 5.32. The second kappa shape index (κ2) is 4.87. The number of hydrogen-bond donors (Lipinski definition) is 1. The van der Waals surface area contributed by atoms with Crippen molar-refractivity contribution in [3.8, 4) is 5.75 Å². The van der Waals surface area contributed by atoms with Crippen LogP contribution in [0.5, 0.6) is 5.75 Å². The van der Waals surface area contributed by atoms with Gasteiger partial charge >= 0.3 is 5.97 Å². The molecule has 0 aliphatic heterocycles. The summed E-state index contributed by atoms with van der Waals surface area (Å²) in [6.07, 6.45) is 0. The Bertz CT molecular complexity index is 577. The number of aromatic nitrogens is 2. The fraction of sp³-hybridized carbons (Fsp3) is 0.250. The molecule has 0 fully saturated rings. The van der Waals surface area contributed by atoms with Crippen molar-refractivity contribution < 1.29 is 19.2 Å². The molecule has 0 saturated heterocycles. The summed E-state index contributed by atoms with van der Waals surface area (Å²) in [5.41, 5.74) is 0.901. The lowest BCUT2D eigenvalue weighted by Crippen LogP contribution is -2.01.